The number of ether oxygens (including phenoxy) is 5. The summed E-state index contributed by atoms with van der Waals surface area (Å²) in [5, 5.41) is 99.5. The maximum atomic E-state index is 12.4. The molecule has 3 aliphatic heterocycles. The van der Waals surface area contributed by atoms with E-state index in [1.807, 2.05) is 0 Å². The summed E-state index contributed by atoms with van der Waals surface area (Å²) in [6.07, 6.45) is -11.0. The number of aliphatic hydroxyl groups excluding tert-OH is 8. The molecule has 56 heavy (non-hydrogen) atoms. The van der Waals surface area contributed by atoms with Gasteiger partial charge in [-0.2, -0.15) is 0 Å². The summed E-state index contributed by atoms with van der Waals surface area (Å²) < 4.78 is 32.0. The smallest absolute Gasteiger partial charge is 0.187 e. The van der Waals surface area contributed by atoms with Crippen molar-refractivity contribution < 1.29 is 69.6 Å². The van der Waals surface area contributed by atoms with E-state index in [0.29, 0.717) is 25.7 Å². The number of fused-ring (bicyclic) bond motifs is 5. The molecule has 7 fully saturated rings. The van der Waals surface area contributed by atoms with E-state index in [2.05, 4.69) is 41.5 Å². The molecule has 0 unspecified atom stereocenters. The third-order valence-electron chi connectivity index (χ3n) is 17.3. The van der Waals surface area contributed by atoms with Gasteiger partial charge in [-0.25, -0.2) is 0 Å². The topological polar surface area (TPSA) is 228 Å². The highest BCUT2D eigenvalue weighted by molar-refractivity contribution is 5.22. The molecule has 0 aromatic rings. The first kappa shape index (κ1) is 43.5. The largest absolute Gasteiger partial charge is 0.394 e. The monoisotopic (exact) mass is 800 g/mol. The molecule has 0 aromatic carbocycles. The molecule has 14 nitrogen and oxygen atoms in total. The van der Waals surface area contributed by atoms with Gasteiger partial charge in [0.05, 0.1) is 48.3 Å². The van der Waals surface area contributed by atoms with Crippen molar-refractivity contribution in [2.45, 2.75) is 211 Å². The summed E-state index contributed by atoms with van der Waals surface area (Å²) in [6.45, 7) is 17.6. The predicted molar refractivity (Wildman–Crippen MR) is 200 cm³/mol. The molecule has 3 heterocycles. The van der Waals surface area contributed by atoms with Gasteiger partial charge in [0.15, 0.2) is 12.6 Å². The summed E-state index contributed by atoms with van der Waals surface area (Å²) in [7, 11) is 0. The molecule has 4 saturated carbocycles. The quantitative estimate of drug-likeness (QED) is 0.166. The minimum atomic E-state index is -1.70. The fraction of sp³-hybridized carbons (Fsp3) is 1.00. The van der Waals surface area contributed by atoms with Gasteiger partial charge in [0.25, 0.3) is 0 Å². The first-order chi connectivity index (χ1) is 25.9. The van der Waals surface area contributed by atoms with Crippen LogP contribution in [0.25, 0.3) is 0 Å². The number of hydrogen-bond donors (Lipinski definition) is 9. The lowest BCUT2D eigenvalue weighted by Crippen LogP contribution is -2.71. The number of aliphatic hydroxyl groups is 9. The normalized spacial score (nSPS) is 57.3. The summed E-state index contributed by atoms with van der Waals surface area (Å²) in [5.74, 6) is -0.246. The van der Waals surface area contributed by atoms with Gasteiger partial charge >= 0.3 is 0 Å². The van der Waals surface area contributed by atoms with E-state index in [0.717, 1.165) is 25.7 Å². The Kier molecular flexibility index (Phi) is 11.3. The lowest BCUT2D eigenvalue weighted by Gasteiger charge is -2.72. The second kappa shape index (κ2) is 14.5. The Hall–Kier alpha value is -0.560. The summed E-state index contributed by atoms with van der Waals surface area (Å²) in [4.78, 5) is 0. The zero-order valence-corrected chi connectivity index (χ0v) is 34.8. The van der Waals surface area contributed by atoms with Gasteiger partial charge < -0.3 is 69.6 Å². The highest BCUT2D eigenvalue weighted by Crippen LogP contribution is 2.76. The summed E-state index contributed by atoms with van der Waals surface area (Å²) in [5.41, 5.74) is -3.36. The van der Waals surface area contributed by atoms with E-state index < -0.39 is 114 Å². The zero-order chi connectivity index (χ0) is 41.3. The molecule has 0 aromatic heterocycles. The average Bonchev–Trinajstić information content (AvgIpc) is 3.71. The van der Waals surface area contributed by atoms with Crippen molar-refractivity contribution in [1.82, 2.24) is 0 Å². The van der Waals surface area contributed by atoms with Crippen LogP contribution in [0.1, 0.15) is 114 Å². The van der Waals surface area contributed by atoms with Gasteiger partial charge in [0.1, 0.15) is 42.7 Å². The Morgan fingerprint density at radius 3 is 2.04 bits per heavy atom. The maximum absolute atomic E-state index is 12.4. The molecule has 14 heteroatoms. The van der Waals surface area contributed by atoms with Gasteiger partial charge in [-0.15, -0.1) is 0 Å². The van der Waals surface area contributed by atoms with E-state index in [4.69, 9.17) is 23.7 Å². The predicted octanol–water partition coefficient (Wildman–Crippen LogP) is 1.36. The van der Waals surface area contributed by atoms with Crippen LogP contribution in [0.2, 0.25) is 0 Å². The fourth-order valence-corrected chi connectivity index (χ4v) is 14.1. The van der Waals surface area contributed by atoms with Crippen LogP contribution in [0.3, 0.4) is 0 Å². The van der Waals surface area contributed by atoms with Gasteiger partial charge in [-0.1, -0.05) is 34.6 Å². The SMILES string of the molecule is C[C@@H]1O[C@H](O[C@H]2[C@H](O[C@H]3C[C@]4(C)[C@H](C[C@@H](O)[C@@H]5[C@@H]([C@]6(C)CC[C@H](C(C)(C)O)O6)CC[C@]54C)[C@@]4(C)CC[C@H](O)C(C)(C)[C@H]34)O[C@H](CO)[C@@H](O)[C@@H]2O)[C@H](O)[C@H](O)[C@H]1O. The van der Waals surface area contributed by atoms with Crippen molar-refractivity contribution in [2.24, 2.45) is 45.3 Å². The molecule has 7 rings (SSSR count). The second-order valence-electron chi connectivity index (χ2n) is 21.2. The Morgan fingerprint density at radius 2 is 1.41 bits per heavy atom. The van der Waals surface area contributed by atoms with Crippen LogP contribution in [-0.4, -0.2) is 150 Å². The highest BCUT2D eigenvalue weighted by atomic mass is 16.8. The zero-order valence-electron chi connectivity index (χ0n) is 34.8. The average molecular weight is 801 g/mol. The van der Waals surface area contributed by atoms with Crippen LogP contribution >= 0.6 is 0 Å². The lowest BCUT2D eigenvalue weighted by atomic mass is 9.34. The molecule has 22 atom stereocenters. The lowest BCUT2D eigenvalue weighted by molar-refractivity contribution is -0.382. The van der Waals surface area contributed by atoms with Gasteiger partial charge in [0, 0.05) is 0 Å². The highest BCUT2D eigenvalue weighted by Gasteiger charge is 2.74. The van der Waals surface area contributed by atoms with Crippen molar-refractivity contribution in [3.05, 3.63) is 0 Å². The molecule has 4 aliphatic carbocycles. The number of hydrogen-bond acceptors (Lipinski definition) is 14. The maximum Gasteiger partial charge on any atom is 0.187 e. The summed E-state index contributed by atoms with van der Waals surface area (Å²) >= 11 is 0. The third kappa shape index (κ3) is 6.49. The molecule has 3 saturated heterocycles. The van der Waals surface area contributed by atoms with Crippen molar-refractivity contribution in [1.29, 1.82) is 0 Å². The van der Waals surface area contributed by atoms with Crippen LogP contribution in [-0.2, 0) is 23.7 Å². The Morgan fingerprint density at radius 1 is 0.732 bits per heavy atom. The van der Waals surface area contributed by atoms with E-state index in [9.17, 15) is 46.0 Å². The fourth-order valence-electron chi connectivity index (χ4n) is 14.1. The Bertz CT molecular complexity index is 1430. The first-order valence-electron chi connectivity index (χ1n) is 21.2. The molecule has 0 bridgehead atoms. The summed E-state index contributed by atoms with van der Waals surface area (Å²) in [6, 6.07) is 0. The van der Waals surface area contributed by atoms with Crippen LogP contribution in [0.5, 0.6) is 0 Å². The molecule has 0 radical (unpaired) electrons. The molecule has 0 amide bonds. The van der Waals surface area contributed by atoms with Crippen molar-refractivity contribution in [3.8, 4) is 0 Å². The van der Waals surface area contributed by atoms with Crippen LogP contribution in [0, 0.1) is 45.3 Å². The Balaban J connectivity index is 1.26. The van der Waals surface area contributed by atoms with Gasteiger partial charge in [-0.3, -0.25) is 0 Å². The van der Waals surface area contributed by atoms with Crippen LogP contribution in [0.4, 0.5) is 0 Å². The van der Waals surface area contributed by atoms with Crippen LogP contribution < -0.4 is 0 Å². The van der Waals surface area contributed by atoms with Crippen molar-refractivity contribution >= 4 is 0 Å². The minimum absolute atomic E-state index is 0.0557. The minimum Gasteiger partial charge on any atom is -0.394 e. The third-order valence-corrected chi connectivity index (χ3v) is 17.3. The molecule has 324 valence electrons. The molecular formula is C42H72O14. The molecule has 0 spiro atoms. The van der Waals surface area contributed by atoms with Gasteiger partial charge in [0.2, 0.25) is 0 Å². The Labute approximate surface area is 331 Å². The van der Waals surface area contributed by atoms with E-state index in [1.165, 1.54) is 6.92 Å². The first-order valence-corrected chi connectivity index (χ1v) is 21.2. The second-order valence-corrected chi connectivity index (χ2v) is 21.2. The van der Waals surface area contributed by atoms with E-state index >= 15 is 0 Å². The van der Waals surface area contributed by atoms with Crippen LogP contribution in [0.15, 0.2) is 0 Å². The van der Waals surface area contributed by atoms with Crippen molar-refractivity contribution in [2.75, 3.05) is 6.61 Å². The standard InChI is InChI=1S/C42H72O14/c1-19-28(46)30(48)32(50)35(52-19)55-33-31(49)29(47)23(18-43)54-36(33)53-22-17-41(8)24(39(6)13-11-25(45)37(2,3)34(22)39)16-21(44)27-20(10-14-40(27,41)7)42(9)15-12-26(56-42)38(4,5)51/h19-36,43-51H,10-18H2,1-9H3/t19-,20-,21+,22-,23+,24+,25-,26+,27-,28-,29+,30+,31-,32+,33+,34-,35+,36+,39+,40+,41+,42-/m0/s1. The van der Waals surface area contributed by atoms with Gasteiger partial charge in [-0.05, 0) is 124 Å². The van der Waals surface area contributed by atoms with Crippen molar-refractivity contribution in [3.63, 3.8) is 0 Å². The number of rotatable bonds is 7. The molecule has 7 aliphatic rings. The molecular weight excluding hydrogens is 728 g/mol. The van der Waals surface area contributed by atoms with E-state index in [-0.39, 0.29) is 35.2 Å². The van der Waals surface area contributed by atoms with E-state index in [1.54, 1.807) is 13.8 Å². The molecule has 9 N–H and O–H groups in total.